The highest BCUT2D eigenvalue weighted by Gasteiger charge is 2.34. The summed E-state index contributed by atoms with van der Waals surface area (Å²) in [5, 5.41) is 13.9. The van der Waals surface area contributed by atoms with Crippen molar-refractivity contribution in [2.24, 2.45) is 5.92 Å². The van der Waals surface area contributed by atoms with Crippen molar-refractivity contribution in [3.05, 3.63) is 30.4 Å². The fraction of sp³-hybridized carbons (Fsp3) is 0.421. The first kappa shape index (κ1) is 15.6. The number of aromatic nitrogens is 3. The van der Waals surface area contributed by atoms with Crippen LogP contribution >= 0.6 is 0 Å². The van der Waals surface area contributed by atoms with Crippen molar-refractivity contribution in [2.75, 3.05) is 24.5 Å². The van der Waals surface area contributed by atoms with Crippen LogP contribution in [0.15, 0.2) is 28.9 Å². The summed E-state index contributed by atoms with van der Waals surface area (Å²) in [5.74, 6) is 2.40. The number of benzene rings is 1. The molecule has 3 heterocycles. The van der Waals surface area contributed by atoms with E-state index in [1.165, 1.54) is 12.8 Å². The average Bonchev–Trinajstić information content (AvgIpc) is 3.44. The molecule has 2 N–H and O–H groups in total. The lowest BCUT2D eigenvalue weighted by Crippen LogP contribution is -2.52. The molecule has 3 aromatic rings. The number of fused-ring (bicyclic) bond motifs is 1. The Kier molecular flexibility index (Phi) is 3.56. The standard InChI is InChI=1S/C19H21N5O2/c1-11-23-14-7-17(25)13(6-18(14)26-11)15-8-22-19(9-21-15)24-5-4-20-16(10-24)12-2-3-12/h6-9,12,16,20,25H,2-5,10H2,1H3. The van der Waals surface area contributed by atoms with E-state index >= 15 is 0 Å². The van der Waals surface area contributed by atoms with Gasteiger partial charge in [-0.1, -0.05) is 0 Å². The first-order chi connectivity index (χ1) is 12.7. The van der Waals surface area contributed by atoms with Crippen molar-refractivity contribution in [3.63, 3.8) is 0 Å². The van der Waals surface area contributed by atoms with Crippen LogP contribution in [0.1, 0.15) is 18.7 Å². The van der Waals surface area contributed by atoms with Crippen molar-refractivity contribution in [2.45, 2.75) is 25.8 Å². The molecule has 1 aliphatic carbocycles. The van der Waals surface area contributed by atoms with Crippen LogP contribution in [-0.2, 0) is 0 Å². The Morgan fingerprint density at radius 2 is 2.12 bits per heavy atom. The van der Waals surface area contributed by atoms with Crippen LogP contribution in [0.25, 0.3) is 22.4 Å². The Bertz CT molecular complexity index is 948. The fourth-order valence-electron chi connectivity index (χ4n) is 3.71. The predicted molar refractivity (Wildman–Crippen MR) is 98.2 cm³/mol. The number of nitrogens with one attached hydrogen (secondary N) is 1. The molecular weight excluding hydrogens is 330 g/mol. The zero-order valence-corrected chi connectivity index (χ0v) is 14.6. The fourth-order valence-corrected chi connectivity index (χ4v) is 3.71. The third-order valence-corrected chi connectivity index (χ3v) is 5.25. The lowest BCUT2D eigenvalue weighted by Gasteiger charge is -2.34. The largest absolute Gasteiger partial charge is 0.507 e. The van der Waals surface area contributed by atoms with Gasteiger partial charge in [-0.25, -0.2) is 9.97 Å². The summed E-state index contributed by atoms with van der Waals surface area (Å²) in [5.41, 5.74) is 2.50. The molecule has 1 unspecified atom stereocenters. The molecule has 1 aliphatic heterocycles. The van der Waals surface area contributed by atoms with Crippen LogP contribution in [0.5, 0.6) is 5.75 Å². The number of hydrogen-bond donors (Lipinski definition) is 2. The summed E-state index contributed by atoms with van der Waals surface area (Å²) in [6.07, 6.45) is 6.17. The van der Waals surface area contributed by atoms with Gasteiger partial charge < -0.3 is 19.7 Å². The van der Waals surface area contributed by atoms with Gasteiger partial charge in [-0.15, -0.1) is 0 Å². The first-order valence-corrected chi connectivity index (χ1v) is 9.08. The lowest BCUT2D eigenvalue weighted by atomic mass is 10.1. The SMILES string of the molecule is Cc1nc2cc(O)c(-c3cnc(N4CCNC(C5CC5)C4)cn3)cc2o1. The molecule has 2 aliphatic rings. The summed E-state index contributed by atoms with van der Waals surface area (Å²) in [6.45, 7) is 4.68. The smallest absolute Gasteiger partial charge is 0.192 e. The van der Waals surface area contributed by atoms with Gasteiger partial charge >= 0.3 is 0 Å². The summed E-state index contributed by atoms with van der Waals surface area (Å²) < 4.78 is 5.56. The number of aryl methyl sites for hydroxylation is 1. The van der Waals surface area contributed by atoms with Crippen LogP contribution in [0.4, 0.5) is 5.82 Å². The van der Waals surface area contributed by atoms with Gasteiger partial charge in [-0.05, 0) is 24.8 Å². The van der Waals surface area contributed by atoms with Crippen LogP contribution in [0.3, 0.4) is 0 Å². The van der Waals surface area contributed by atoms with Gasteiger partial charge in [0.25, 0.3) is 0 Å². The molecule has 7 nitrogen and oxygen atoms in total. The molecule has 134 valence electrons. The van der Waals surface area contributed by atoms with Crippen molar-refractivity contribution in [1.29, 1.82) is 0 Å². The Balaban J connectivity index is 1.41. The van der Waals surface area contributed by atoms with Gasteiger partial charge in [-0.2, -0.15) is 0 Å². The van der Waals surface area contributed by atoms with E-state index in [9.17, 15) is 5.11 Å². The highest BCUT2D eigenvalue weighted by Crippen LogP contribution is 2.35. The van der Waals surface area contributed by atoms with Crippen molar-refractivity contribution in [3.8, 4) is 17.0 Å². The number of anilines is 1. The second-order valence-corrected chi connectivity index (χ2v) is 7.17. The van der Waals surface area contributed by atoms with Gasteiger partial charge in [0, 0.05) is 44.2 Å². The molecule has 1 saturated carbocycles. The van der Waals surface area contributed by atoms with Crippen LogP contribution < -0.4 is 10.2 Å². The summed E-state index contributed by atoms with van der Waals surface area (Å²) in [7, 11) is 0. The number of aromatic hydroxyl groups is 1. The average molecular weight is 351 g/mol. The molecule has 2 fully saturated rings. The van der Waals surface area contributed by atoms with E-state index in [1.807, 2.05) is 0 Å². The third kappa shape index (κ3) is 2.78. The lowest BCUT2D eigenvalue weighted by molar-refractivity contribution is 0.417. The molecule has 26 heavy (non-hydrogen) atoms. The summed E-state index contributed by atoms with van der Waals surface area (Å²) >= 11 is 0. The number of nitrogens with zero attached hydrogens (tertiary/aromatic N) is 4. The van der Waals surface area contributed by atoms with E-state index in [-0.39, 0.29) is 5.75 Å². The van der Waals surface area contributed by atoms with Crippen molar-refractivity contribution < 1.29 is 9.52 Å². The second-order valence-electron chi connectivity index (χ2n) is 7.17. The maximum atomic E-state index is 10.3. The van der Waals surface area contributed by atoms with E-state index in [2.05, 4.69) is 25.2 Å². The molecule has 0 spiro atoms. The minimum absolute atomic E-state index is 0.129. The van der Waals surface area contributed by atoms with Crippen molar-refractivity contribution in [1.82, 2.24) is 20.3 Å². The highest BCUT2D eigenvalue weighted by atomic mass is 16.3. The maximum Gasteiger partial charge on any atom is 0.192 e. The number of phenolic OH excluding ortho intramolecular Hbond substituents is 1. The van der Waals surface area contributed by atoms with Gasteiger partial charge in [0.1, 0.15) is 17.1 Å². The molecule has 0 amide bonds. The highest BCUT2D eigenvalue weighted by molar-refractivity contribution is 5.83. The maximum absolute atomic E-state index is 10.3. The minimum Gasteiger partial charge on any atom is -0.507 e. The Labute approximate surface area is 151 Å². The predicted octanol–water partition coefficient (Wildman–Crippen LogP) is 2.49. The summed E-state index contributed by atoms with van der Waals surface area (Å²) in [6, 6.07) is 3.93. The molecule has 0 radical (unpaired) electrons. The molecule has 5 rings (SSSR count). The third-order valence-electron chi connectivity index (χ3n) is 5.25. The van der Waals surface area contributed by atoms with E-state index in [0.717, 1.165) is 31.4 Å². The Hall–Kier alpha value is -2.67. The van der Waals surface area contributed by atoms with E-state index in [0.29, 0.717) is 34.3 Å². The Morgan fingerprint density at radius 3 is 2.88 bits per heavy atom. The zero-order valence-electron chi connectivity index (χ0n) is 14.6. The van der Waals surface area contributed by atoms with Gasteiger partial charge in [0.05, 0.1) is 18.1 Å². The van der Waals surface area contributed by atoms with E-state index < -0.39 is 0 Å². The number of piperazine rings is 1. The minimum atomic E-state index is 0.129. The zero-order chi connectivity index (χ0) is 17.7. The molecular formula is C19H21N5O2. The van der Waals surface area contributed by atoms with Crippen molar-refractivity contribution >= 4 is 16.9 Å². The van der Waals surface area contributed by atoms with Crippen LogP contribution in [-0.4, -0.2) is 45.7 Å². The van der Waals surface area contributed by atoms with Gasteiger partial charge in [-0.3, -0.25) is 4.98 Å². The topological polar surface area (TPSA) is 87.3 Å². The normalized spacial score (nSPS) is 20.7. The number of rotatable bonds is 3. The quantitative estimate of drug-likeness (QED) is 0.749. The molecule has 7 heteroatoms. The van der Waals surface area contributed by atoms with Gasteiger partial charge in [0.15, 0.2) is 11.5 Å². The molecule has 1 atom stereocenters. The molecule has 1 saturated heterocycles. The number of oxazole rings is 1. The second kappa shape index (κ2) is 5.95. The number of hydrogen-bond acceptors (Lipinski definition) is 7. The van der Waals surface area contributed by atoms with E-state index in [4.69, 9.17) is 4.42 Å². The molecule has 0 bridgehead atoms. The van der Waals surface area contributed by atoms with Crippen LogP contribution in [0, 0.1) is 12.8 Å². The monoisotopic (exact) mass is 351 g/mol. The Morgan fingerprint density at radius 1 is 1.23 bits per heavy atom. The van der Waals surface area contributed by atoms with Gasteiger partial charge in [0.2, 0.25) is 0 Å². The van der Waals surface area contributed by atoms with Crippen LogP contribution in [0.2, 0.25) is 0 Å². The van der Waals surface area contributed by atoms with E-state index in [1.54, 1.807) is 31.5 Å². The molecule has 1 aromatic carbocycles. The number of phenols is 1. The first-order valence-electron chi connectivity index (χ1n) is 9.08. The molecule has 2 aromatic heterocycles. The summed E-state index contributed by atoms with van der Waals surface area (Å²) in [4.78, 5) is 15.7.